The molecule has 0 bridgehead atoms. The number of hydrogen-bond donors (Lipinski definition) is 0. The minimum absolute atomic E-state index is 0.00551. The van der Waals surface area contributed by atoms with Crippen LogP contribution in [-0.4, -0.2) is 35.3 Å². The Morgan fingerprint density at radius 1 is 1.60 bits per heavy atom. The maximum Gasteiger partial charge on any atom is 0.333 e. The largest absolute Gasteiger partial charge is 0.467 e. The van der Waals surface area contributed by atoms with Gasteiger partial charge in [0, 0.05) is 4.91 Å². The minimum atomic E-state index is -0.592. The molecule has 0 radical (unpaired) electrons. The number of amides is 1. The number of rotatable bonds is 1. The lowest BCUT2D eigenvalue weighted by atomic mass is 9.81. The molecule has 82 valence electrons. The van der Waals surface area contributed by atoms with Crippen LogP contribution in [0.2, 0.25) is 0 Å². The number of nitrogens with zero attached hydrogens (tertiary/aromatic N) is 1. The molecule has 0 aromatic heterocycles. The van der Waals surface area contributed by atoms with Gasteiger partial charge >= 0.3 is 5.97 Å². The van der Waals surface area contributed by atoms with E-state index in [2.05, 4.69) is 11.3 Å². The van der Waals surface area contributed by atoms with Crippen molar-refractivity contribution in [1.82, 2.24) is 4.90 Å². The van der Waals surface area contributed by atoms with Crippen molar-refractivity contribution in [2.24, 2.45) is 5.41 Å². The van der Waals surface area contributed by atoms with Gasteiger partial charge in [0.25, 0.3) is 0 Å². The predicted octanol–water partition coefficient (Wildman–Crippen LogP) is 0.983. The molecule has 2 unspecified atom stereocenters. The molecule has 2 heterocycles. The van der Waals surface area contributed by atoms with Gasteiger partial charge < -0.3 is 9.64 Å². The van der Waals surface area contributed by atoms with Crippen LogP contribution in [0.4, 0.5) is 0 Å². The van der Waals surface area contributed by atoms with E-state index in [4.69, 9.17) is 0 Å². The number of methoxy groups -OCH3 is 1. The standard InChI is InChI=1S/C10H13NO3S/c1-5-6(7(12)14-4)11-8(13)10(2,3)9(11)15-5/h6,9H,1H2,2-4H3. The van der Waals surface area contributed by atoms with Crippen molar-refractivity contribution in [3.05, 3.63) is 11.5 Å². The van der Waals surface area contributed by atoms with E-state index in [-0.39, 0.29) is 11.3 Å². The molecular formula is C10H13NO3S. The number of hydrogen-bond acceptors (Lipinski definition) is 4. The van der Waals surface area contributed by atoms with Crippen LogP contribution >= 0.6 is 11.8 Å². The first-order valence-electron chi connectivity index (χ1n) is 4.67. The second-order valence-electron chi connectivity index (χ2n) is 4.30. The molecule has 5 heteroatoms. The molecule has 4 nitrogen and oxygen atoms in total. The third-order valence-corrected chi connectivity index (χ3v) is 4.49. The fraction of sp³-hybridized carbons (Fsp3) is 0.600. The fourth-order valence-corrected chi connectivity index (χ4v) is 3.35. The molecule has 2 atom stereocenters. The molecule has 0 aromatic carbocycles. The molecule has 0 saturated carbocycles. The number of carbonyl (C=O) groups is 2. The molecule has 2 saturated heterocycles. The number of thioether (sulfide) groups is 1. The highest BCUT2D eigenvalue weighted by atomic mass is 32.2. The topological polar surface area (TPSA) is 46.6 Å². The molecular weight excluding hydrogens is 214 g/mol. The summed E-state index contributed by atoms with van der Waals surface area (Å²) in [5, 5.41) is 0.0293. The van der Waals surface area contributed by atoms with E-state index >= 15 is 0 Å². The highest BCUT2D eigenvalue weighted by molar-refractivity contribution is 8.04. The van der Waals surface area contributed by atoms with Crippen LogP contribution < -0.4 is 0 Å². The van der Waals surface area contributed by atoms with Crippen LogP contribution in [0.5, 0.6) is 0 Å². The zero-order valence-corrected chi connectivity index (χ0v) is 9.76. The van der Waals surface area contributed by atoms with Gasteiger partial charge in [-0.2, -0.15) is 0 Å². The lowest BCUT2D eigenvalue weighted by molar-refractivity contribution is -0.169. The summed E-state index contributed by atoms with van der Waals surface area (Å²) < 4.78 is 4.67. The summed E-state index contributed by atoms with van der Waals surface area (Å²) in [7, 11) is 1.32. The summed E-state index contributed by atoms with van der Waals surface area (Å²) in [6, 6.07) is -0.592. The van der Waals surface area contributed by atoms with Gasteiger partial charge in [-0.25, -0.2) is 4.79 Å². The Bertz CT molecular complexity index is 364. The van der Waals surface area contributed by atoms with Crippen LogP contribution in [0.3, 0.4) is 0 Å². The number of ether oxygens (including phenoxy) is 1. The Hall–Kier alpha value is -0.970. The normalized spacial score (nSPS) is 32.3. The van der Waals surface area contributed by atoms with E-state index in [9.17, 15) is 9.59 Å². The van der Waals surface area contributed by atoms with Gasteiger partial charge in [0.15, 0.2) is 6.04 Å². The highest BCUT2D eigenvalue weighted by Gasteiger charge is 2.63. The van der Waals surface area contributed by atoms with Crippen molar-refractivity contribution in [2.45, 2.75) is 25.3 Å². The average molecular weight is 227 g/mol. The predicted molar refractivity (Wildman–Crippen MR) is 57.0 cm³/mol. The van der Waals surface area contributed by atoms with Gasteiger partial charge in [-0.15, -0.1) is 11.8 Å². The van der Waals surface area contributed by atoms with Crippen molar-refractivity contribution < 1.29 is 14.3 Å². The van der Waals surface area contributed by atoms with Crippen molar-refractivity contribution in [3.8, 4) is 0 Å². The molecule has 2 aliphatic rings. The number of esters is 1. The van der Waals surface area contributed by atoms with Gasteiger partial charge in [-0.05, 0) is 13.8 Å². The monoisotopic (exact) mass is 227 g/mol. The van der Waals surface area contributed by atoms with E-state index in [1.807, 2.05) is 13.8 Å². The summed E-state index contributed by atoms with van der Waals surface area (Å²) in [5.74, 6) is -0.409. The SMILES string of the molecule is C=C1SC2N(C(=O)C2(C)C)C1C(=O)OC. The summed E-state index contributed by atoms with van der Waals surface area (Å²) in [6.07, 6.45) is 0. The van der Waals surface area contributed by atoms with Gasteiger partial charge in [0.1, 0.15) is 0 Å². The van der Waals surface area contributed by atoms with Gasteiger partial charge in [0.2, 0.25) is 5.91 Å². The van der Waals surface area contributed by atoms with Crippen LogP contribution in [0.25, 0.3) is 0 Å². The Labute approximate surface area is 92.6 Å². The van der Waals surface area contributed by atoms with E-state index in [1.54, 1.807) is 4.90 Å². The smallest absolute Gasteiger partial charge is 0.333 e. The average Bonchev–Trinajstić information content (AvgIpc) is 2.53. The Morgan fingerprint density at radius 2 is 2.20 bits per heavy atom. The second kappa shape index (κ2) is 3.01. The van der Waals surface area contributed by atoms with E-state index < -0.39 is 17.4 Å². The fourth-order valence-electron chi connectivity index (χ4n) is 2.00. The lowest BCUT2D eigenvalue weighted by Crippen LogP contribution is -2.66. The third kappa shape index (κ3) is 1.16. The van der Waals surface area contributed by atoms with Crippen LogP contribution in [-0.2, 0) is 14.3 Å². The molecule has 2 rings (SSSR count). The first-order chi connectivity index (χ1) is 6.91. The van der Waals surface area contributed by atoms with Crippen molar-refractivity contribution >= 4 is 23.6 Å². The molecule has 1 amide bonds. The lowest BCUT2D eigenvalue weighted by Gasteiger charge is -2.49. The Balaban J connectivity index is 2.28. The number of β-lactam (4-membered cyclic amide) rings is 1. The zero-order chi connectivity index (χ0) is 11.4. The van der Waals surface area contributed by atoms with E-state index in [0.717, 1.165) is 0 Å². The summed E-state index contributed by atoms with van der Waals surface area (Å²) in [6.45, 7) is 7.58. The summed E-state index contributed by atoms with van der Waals surface area (Å²) >= 11 is 1.49. The first-order valence-corrected chi connectivity index (χ1v) is 5.55. The highest BCUT2D eigenvalue weighted by Crippen LogP contribution is 2.55. The zero-order valence-electron chi connectivity index (χ0n) is 8.94. The molecule has 0 aromatic rings. The third-order valence-electron chi connectivity index (χ3n) is 2.93. The van der Waals surface area contributed by atoms with Gasteiger partial charge in [-0.1, -0.05) is 6.58 Å². The van der Waals surface area contributed by atoms with Gasteiger partial charge in [0.05, 0.1) is 17.9 Å². The molecule has 0 N–H and O–H groups in total. The molecule has 2 fully saturated rings. The summed E-state index contributed by atoms with van der Waals surface area (Å²) in [5.41, 5.74) is -0.392. The minimum Gasteiger partial charge on any atom is -0.467 e. The number of fused-ring (bicyclic) bond motifs is 1. The quantitative estimate of drug-likeness (QED) is 0.495. The first kappa shape index (κ1) is 10.5. The maximum atomic E-state index is 11.8. The number of carbonyl (C=O) groups excluding carboxylic acids is 2. The molecule has 0 aliphatic carbocycles. The molecule has 15 heavy (non-hydrogen) atoms. The Morgan fingerprint density at radius 3 is 2.73 bits per heavy atom. The molecule has 2 aliphatic heterocycles. The van der Waals surface area contributed by atoms with Crippen LogP contribution in [0.1, 0.15) is 13.8 Å². The summed E-state index contributed by atoms with van der Waals surface area (Å²) in [4.78, 5) is 25.6. The molecule has 0 spiro atoms. The maximum absolute atomic E-state index is 11.8. The van der Waals surface area contributed by atoms with Crippen molar-refractivity contribution in [3.63, 3.8) is 0 Å². The van der Waals surface area contributed by atoms with Crippen molar-refractivity contribution in [1.29, 1.82) is 0 Å². The van der Waals surface area contributed by atoms with Crippen molar-refractivity contribution in [2.75, 3.05) is 7.11 Å². The Kier molecular flexibility index (Phi) is 2.12. The van der Waals surface area contributed by atoms with E-state index in [1.165, 1.54) is 18.9 Å². The van der Waals surface area contributed by atoms with Crippen LogP contribution in [0.15, 0.2) is 11.5 Å². The second-order valence-corrected chi connectivity index (χ2v) is 5.50. The van der Waals surface area contributed by atoms with E-state index in [0.29, 0.717) is 4.91 Å². The van der Waals surface area contributed by atoms with Crippen LogP contribution in [0, 0.1) is 5.41 Å². The van der Waals surface area contributed by atoms with Gasteiger partial charge in [-0.3, -0.25) is 4.79 Å².